The number of nitrogens with one attached hydrogen (secondary N) is 1. The summed E-state index contributed by atoms with van der Waals surface area (Å²) in [6.45, 7) is 16.5. The second kappa shape index (κ2) is 13.7. The third-order valence-electron chi connectivity index (χ3n) is 7.45. The summed E-state index contributed by atoms with van der Waals surface area (Å²) in [4.78, 5) is 18.5. The number of halogens is 1. The molecule has 5 heteroatoms. The van der Waals surface area contributed by atoms with Crippen molar-refractivity contribution >= 4 is 28.6 Å². The molecule has 4 nitrogen and oxygen atoms in total. The molecule has 198 valence electrons. The maximum Gasteiger partial charge on any atom is 0.129 e. The molecule has 1 aliphatic heterocycles. The van der Waals surface area contributed by atoms with Crippen molar-refractivity contribution in [2.24, 2.45) is 5.92 Å². The van der Waals surface area contributed by atoms with Crippen LogP contribution in [0.3, 0.4) is 0 Å². The number of hydrogen-bond acceptors (Lipinski definition) is 4. The Morgan fingerprint density at radius 2 is 2.00 bits per heavy atom. The van der Waals surface area contributed by atoms with Crippen LogP contribution in [0.4, 0.5) is 5.69 Å². The highest BCUT2D eigenvalue weighted by atomic mass is 35.5. The minimum Gasteiger partial charge on any atom is -0.358 e. The molecule has 0 amide bonds. The number of Topliss-reactive ketones (excluding diaryl/α,β-unsaturated/α-hetero) is 1. The number of carbonyl (C=O) groups excluding carboxylic acids is 1. The fourth-order valence-electron chi connectivity index (χ4n) is 4.81. The van der Waals surface area contributed by atoms with Gasteiger partial charge in [0.25, 0.3) is 0 Å². The molecule has 0 saturated heterocycles. The Labute approximate surface area is 228 Å². The van der Waals surface area contributed by atoms with Crippen molar-refractivity contribution < 1.29 is 4.79 Å². The zero-order valence-electron chi connectivity index (χ0n) is 23.1. The number of hydrogen-bond donors (Lipinski definition) is 1. The molecule has 1 N–H and O–H groups in total. The fourth-order valence-corrected chi connectivity index (χ4v) is 4.97. The van der Waals surface area contributed by atoms with Crippen molar-refractivity contribution in [2.45, 2.75) is 79.3 Å². The Hall–Kier alpha value is -2.69. The van der Waals surface area contributed by atoms with Gasteiger partial charge in [-0.15, -0.1) is 0 Å². The minimum absolute atomic E-state index is 0.277. The molecule has 2 atom stereocenters. The third-order valence-corrected chi connectivity index (χ3v) is 7.81. The van der Waals surface area contributed by atoms with Crippen LogP contribution in [0.1, 0.15) is 75.8 Å². The third kappa shape index (κ3) is 7.90. The van der Waals surface area contributed by atoms with Crippen LogP contribution >= 0.6 is 11.6 Å². The van der Waals surface area contributed by atoms with Crippen LogP contribution < -0.4 is 5.32 Å². The first-order chi connectivity index (χ1) is 17.7. The normalized spacial score (nSPS) is 16.2. The van der Waals surface area contributed by atoms with Gasteiger partial charge in [0.1, 0.15) is 5.78 Å². The second-order valence-electron chi connectivity index (χ2n) is 10.2. The predicted molar refractivity (Wildman–Crippen MR) is 158 cm³/mol. The van der Waals surface area contributed by atoms with E-state index in [1.807, 2.05) is 31.3 Å². The van der Waals surface area contributed by atoms with Crippen LogP contribution in [0.5, 0.6) is 0 Å². The summed E-state index contributed by atoms with van der Waals surface area (Å²) in [5.41, 5.74) is 7.67. The zero-order valence-corrected chi connectivity index (χ0v) is 23.9. The van der Waals surface area contributed by atoms with E-state index in [0.29, 0.717) is 29.0 Å². The van der Waals surface area contributed by atoms with E-state index in [1.165, 1.54) is 16.8 Å². The maximum absolute atomic E-state index is 11.5. The quantitative estimate of drug-likeness (QED) is 0.288. The van der Waals surface area contributed by atoms with E-state index in [2.05, 4.69) is 66.8 Å². The lowest BCUT2D eigenvalue weighted by Crippen LogP contribution is -2.39. The SMILES string of the molecule is C=C(/C(Cl)=C\C=C(\Nc1cccc2c1CCN(C(CC)CCC(C)=O)C2)[C@H](C)CC)c1ccc(C)cn1. The molecule has 1 aliphatic rings. The highest BCUT2D eigenvalue weighted by molar-refractivity contribution is 6.36. The number of ketones is 1. The zero-order chi connectivity index (χ0) is 26.9. The Morgan fingerprint density at radius 1 is 1.22 bits per heavy atom. The topological polar surface area (TPSA) is 45.2 Å². The number of anilines is 1. The van der Waals surface area contributed by atoms with Gasteiger partial charge >= 0.3 is 0 Å². The second-order valence-corrected chi connectivity index (χ2v) is 10.6. The molecular weight excluding hydrogens is 478 g/mol. The van der Waals surface area contributed by atoms with Crippen LogP contribution in [0.25, 0.3) is 5.57 Å². The Bertz CT molecular complexity index is 1150. The number of aromatic nitrogens is 1. The van der Waals surface area contributed by atoms with E-state index < -0.39 is 0 Å². The van der Waals surface area contributed by atoms with Crippen molar-refractivity contribution in [3.05, 3.63) is 88.4 Å². The van der Waals surface area contributed by atoms with Crippen LogP contribution in [-0.2, 0) is 17.8 Å². The average Bonchev–Trinajstić information content (AvgIpc) is 2.90. The Morgan fingerprint density at radius 3 is 2.65 bits per heavy atom. The van der Waals surface area contributed by atoms with Gasteiger partial charge in [-0.25, -0.2) is 0 Å². The van der Waals surface area contributed by atoms with Gasteiger partial charge in [0.15, 0.2) is 0 Å². The van der Waals surface area contributed by atoms with Crippen molar-refractivity contribution in [3.8, 4) is 0 Å². The van der Waals surface area contributed by atoms with E-state index in [9.17, 15) is 4.79 Å². The smallest absolute Gasteiger partial charge is 0.129 e. The number of benzene rings is 1. The first-order valence-electron chi connectivity index (χ1n) is 13.5. The van der Waals surface area contributed by atoms with Gasteiger partial charge in [-0.3, -0.25) is 9.88 Å². The van der Waals surface area contributed by atoms with Crippen molar-refractivity contribution in [2.75, 3.05) is 11.9 Å². The summed E-state index contributed by atoms with van der Waals surface area (Å²) in [7, 11) is 0. The summed E-state index contributed by atoms with van der Waals surface area (Å²) in [5, 5.41) is 4.33. The van der Waals surface area contributed by atoms with Crippen molar-refractivity contribution in [1.82, 2.24) is 9.88 Å². The lowest BCUT2D eigenvalue weighted by molar-refractivity contribution is -0.117. The molecule has 1 aromatic heterocycles. The molecule has 2 heterocycles. The lowest BCUT2D eigenvalue weighted by atomic mass is 9.94. The molecule has 0 aliphatic carbocycles. The van der Waals surface area contributed by atoms with Crippen LogP contribution in [0, 0.1) is 12.8 Å². The van der Waals surface area contributed by atoms with Gasteiger partial charge in [-0.1, -0.05) is 57.2 Å². The van der Waals surface area contributed by atoms with Gasteiger partial charge in [-0.05, 0) is 86.4 Å². The number of nitrogens with zero attached hydrogens (tertiary/aromatic N) is 2. The molecule has 0 spiro atoms. The molecule has 1 unspecified atom stereocenters. The number of aryl methyl sites for hydroxylation is 1. The molecule has 0 saturated carbocycles. The highest BCUT2D eigenvalue weighted by Gasteiger charge is 2.24. The Kier molecular flexibility index (Phi) is 10.7. The number of pyridine rings is 1. The van der Waals surface area contributed by atoms with E-state index in [1.54, 1.807) is 6.92 Å². The fraction of sp³-hybridized carbons (Fsp3) is 0.438. The van der Waals surface area contributed by atoms with Crippen molar-refractivity contribution in [1.29, 1.82) is 0 Å². The molecule has 37 heavy (non-hydrogen) atoms. The molecule has 0 fully saturated rings. The van der Waals surface area contributed by atoms with Gasteiger partial charge in [0.05, 0.1) is 5.69 Å². The van der Waals surface area contributed by atoms with Gasteiger partial charge in [-0.2, -0.15) is 0 Å². The summed E-state index contributed by atoms with van der Waals surface area (Å²) in [6, 6.07) is 11.0. The van der Waals surface area contributed by atoms with E-state index >= 15 is 0 Å². The van der Waals surface area contributed by atoms with Crippen LogP contribution in [0.15, 0.2) is 66.0 Å². The first-order valence-corrected chi connectivity index (χ1v) is 13.9. The average molecular weight is 520 g/mol. The van der Waals surface area contributed by atoms with Gasteiger partial charge in [0, 0.05) is 53.7 Å². The number of carbonyl (C=O) groups is 1. The van der Waals surface area contributed by atoms with E-state index in [0.717, 1.165) is 55.7 Å². The summed E-state index contributed by atoms with van der Waals surface area (Å²) in [6.07, 6.45) is 10.5. The Balaban J connectivity index is 1.80. The largest absolute Gasteiger partial charge is 0.358 e. The van der Waals surface area contributed by atoms with Gasteiger partial charge < -0.3 is 10.1 Å². The maximum atomic E-state index is 11.5. The molecule has 0 radical (unpaired) electrons. The van der Waals surface area contributed by atoms with Crippen LogP contribution in [-0.4, -0.2) is 28.3 Å². The number of fused-ring (bicyclic) bond motifs is 1. The minimum atomic E-state index is 0.277. The highest BCUT2D eigenvalue weighted by Crippen LogP contribution is 2.31. The molecule has 0 bridgehead atoms. The van der Waals surface area contributed by atoms with Gasteiger partial charge in [0.2, 0.25) is 0 Å². The molecule has 2 aromatic rings. The van der Waals surface area contributed by atoms with E-state index in [4.69, 9.17) is 11.6 Å². The van der Waals surface area contributed by atoms with Crippen molar-refractivity contribution in [3.63, 3.8) is 0 Å². The number of allylic oxidation sites excluding steroid dienone is 5. The molecule has 3 rings (SSSR count). The molecular formula is C32H42ClN3O. The summed E-state index contributed by atoms with van der Waals surface area (Å²) < 4.78 is 0. The summed E-state index contributed by atoms with van der Waals surface area (Å²) >= 11 is 6.64. The lowest BCUT2D eigenvalue weighted by Gasteiger charge is -2.36. The van der Waals surface area contributed by atoms with Crippen LogP contribution in [0.2, 0.25) is 0 Å². The monoisotopic (exact) mass is 519 g/mol. The predicted octanol–water partition coefficient (Wildman–Crippen LogP) is 8.07. The first kappa shape index (κ1) is 28.9. The molecule has 1 aromatic carbocycles. The number of rotatable bonds is 12. The summed E-state index contributed by atoms with van der Waals surface area (Å²) in [5.74, 6) is 0.623. The standard InChI is InChI=1S/C32H42ClN3O/c1-7-23(4)30(17-15-29(33)25(6)31-16-12-22(3)20-34-31)35-32-11-9-10-26-21-36(19-18-28(26)32)27(8-2)14-13-24(5)37/h9-12,15-17,20,23,27,35H,6-8,13-14,18-19,21H2,1-5H3/b29-15+,30-17+/t23-,27?/m1/s1. The van der Waals surface area contributed by atoms with E-state index in [-0.39, 0.29) is 5.78 Å².